The number of carbonyl (C=O) groups excluding carboxylic acids is 1. The number of rotatable bonds is 3. The van der Waals surface area contributed by atoms with Crippen LogP contribution < -0.4 is 16.4 Å². The SMILES string of the molecule is NC1(CC(=O)NC2CCNCC2)CC1. The minimum atomic E-state index is -0.156. The highest BCUT2D eigenvalue weighted by Crippen LogP contribution is 2.35. The predicted molar refractivity (Wildman–Crippen MR) is 54.8 cm³/mol. The van der Waals surface area contributed by atoms with Crippen molar-refractivity contribution in [2.45, 2.75) is 43.7 Å². The van der Waals surface area contributed by atoms with Gasteiger partial charge in [-0.15, -0.1) is 0 Å². The molecule has 1 amide bonds. The molecule has 14 heavy (non-hydrogen) atoms. The molecule has 0 unspecified atom stereocenters. The van der Waals surface area contributed by atoms with Crippen LogP contribution in [0.25, 0.3) is 0 Å². The summed E-state index contributed by atoms with van der Waals surface area (Å²) in [5.41, 5.74) is 5.72. The fourth-order valence-electron chi connectivity index (χ4n) is 1.90. The molecule has 0 aromatic heterocycles. The quantitative estimate of drug-likeness (QED) is 0.584. The molecule has 0 spiro atoms. The van der Waals surface area contributed by atoms with Crippen LogP contribution in [0, 0.1) is 0 Å². The zero-order chi connectivity index (χ0) is 10.0. The summed E-state index contributed by atoms with van der Waals surface area (Å²) in [5.74, 6) is 0.136. The Morgan fingerprint density at radius 3 is 2.64 bits per heavy atom. The normalized spacial score (nSPS) is 25.8. The lowest BCUT2D eigenvalue weighted by molar-refractivity contribution is -0.122. The topological polar surface area (TPSA) is 67.2 Å². The molecular formula is C10H19N3O. The summed E-state index contributed by atoms with van der Waals surface area (Å²) in [5, 5.41) is 6.33. The van der Waals surface area contributed by atoms with Gasteiger partial charge in [0, 0.05) is 18.0 Å². The van der Waals surface area contributed by atoms with Crippen molar-refractivity contribution >= 4 is 5.91 Å². The Kier molecular flexibility index (Phi) is 2.74. The van der Waals surface area contributed by atoms with Crippen molar-refractivity contribution in [3.8, 4) is 0 Å². The number of carbonyl (C=O) groups is 1. The number of hydrogen-bond donors (Lipinski definition) is 3. The van der Waals surface area contributed by atoms with Crippen LogP contribution in [-0.4, -0.2) is 30.6 Å². The van der Waals surface area contributed by atoms with Crippen LogP contribution in [0.1, 0.15) is 32.1 Å². The third-order valence-electron chi connectivity index (χ3n) is 3.11. The van der Waals surface area contributed by atoms with Gasteiger partial charge in [-0.25, -0.2) is 0 Å². The second-order valence-electron chi connectivity index (χ2n) is 4.63. The van der Waals surface area contributed by atoms with Gasteiger partial charge in [0.15, 0.2) is 0 Å². The molecule has 0 radical (unpaired) electrons. The summed E-state index contributed by atoms with van der Waals surface area (Å²) in [6.07, 6.45) is 4.61. The summed E-state index contributed by atoms with van der Waals surface area (Å²) in [7, 11) is 0. The average molecular weight is 197 g/mol. The Hall–Kier alpha value is -0.610. The van der Waals surface area contributed by atoms with Gasteiger partial charge >= 0.3 is 0 Å². The molecule has 1 heterocycles. The van der Waals surface area contributed by atoms with E-state index in [4.69, 9.17) is 5.73 Å². The molecule has 0 aromatic carbocycles. The van der Waals surface area contributed by atoms with Crippen molar-refractivity contribution in [3.05, 3.63) is 0 Å². The first-order valence-electron chi connectivity index (χ1n) is 5.47. The molecule has 1 aliphatic heterocycles. The van der Waals surface area contributed by atoms with Crippen LogP contribution in [0.4, 0.5) is 0 Å². The third kappa shape index (κ3) is 2.69. The Balaban J connectivity index is 1.70. The van der Waals surface area contributed by atoms with E-state index in [1.807, 2.05) is 0 Å². The summed E-state index contributed by atoms with van der Waals surface area (Å²) in [6.45, 7) is 2.03. The van der Waals surface area contributed by atoms with Crippen LogP contribution in [0.2, 0.25) is 0 Å². The average Bonchev–Trinajstić information content (AvgIpc) is 2.84. The minimum absolute atomic E-state index is 0.136. The molecule has 2 rings (SSSR count). The Bertz CT molecular complexity index is 219. The number of piperidine rings is 1. The van der Waals surface area contributed by atoms with Gasteiger partial charge in [0.1, 0.15) is 0 Å². The van der Waals surface area contributed by atoms with Crippen molar-refractivity contribution in [1.82, 2.24) is 10.6 Å². The first kappa shape index (κ1) is 9.93. The van der Waals surface area contributed by atoms with Crippen LogP contribution >= 0.6 is 0 Å². The van der Waals surface area contributed by atoms with Crippen molar-refractivity contribution < 1.29 is 4.79 Å². The fourth-order valence-corrected chi connectivity index (χ4v) is 1.90. The Morgan fingerprint density at radius 1 is 1.43 bits per heavy atom. The van der Waals surface area contributed by atoms with E-state index in [2.05, 4.69) is 10.6 Å². The van der Waals surface area contributed by atoms with Crippen LogP contribution in [0.3, 0.4) is 0 Å². The van der Waals surface area contributed by atoms with E-state index >= 15 is 0 Å². The number of nitrogens with one attached hydrogen (secondary N) is 2. The fraction of sp³-hybridized carbons (Fsp3) is 0.900. The second-order valence-corrected chi connectivity index (χ2v) is 4.63. The van der Waals surface area contributed by atoms with Gasteiger partial charge in [0.25, 0.3) is 0 Å². The van der Waals surface area contributed by atoms with Crippen molar-refractivity contribution in [2.75, 3.05) is 13.1 Å². The van der Waals surface area contributed by atoms with Crippen molar-refractivity contribution in [1.29, 1.82) is 0 Å². The molecule has 1 saturated carbocycles. The summed E-state index contributed by atoms with van der Waals surface area (Å²) < 4.78 is 0. The molecule has 4 heteroatoms. The van der Waals surface area contributed by atoms with Gasteiger partial charge < -0.3 is 16.4 Å². The Morgan fingerprint density at radius 2 is 2.07 bits per heavy atom. The van der Waals surface area contributed by atoms with E-state index < -0.39 is 0 Å². The highest BCUT2D eigenvalue weighted by Gasteiger charge is 2.40. The monoisotopic (exact) mass is 197 g/mol. The standard InChI is InChI=1S/C10H19N3O/c11-10(3-4-10)7-9(14)13-8-1-5-12-6-2-8/h8,12H,1-7,11H2,(H,13,14). The number of amides is 1. The van der Waals surface area contributed by atoms with Crippen LogP contribution in [0.5, 0.6) is 0 Å². The zero-order valence-corrected chi connectivity index (χ0v) is 8.51. The van der Waals surface area contributed by atoms with Gasteiger partial charge in [-0.3, -0.25) is 4.79 Å². The van der Waals surface area contributed by atoms with Gasteiger partial charge in [-0.05, 0) is 38.8 Å². The summed E-state index contributed by atoms with van der Waals surface area (Å²) in [6, 6.07) is 0.367. The second kappa shape index (κ2) is 3.87. The van der Waals surface area contributed by atoms with Gasteiger partial charge in [-0.1, -0.05) is 0 Å². The lowest BCUT2D eigenvalue weighted by Gasteiger charge is -2.24. The van der Waals surface area contributed by atoms with Crippen molar-refractivity contribution in [2.24, 2.45) is 5.73 Å². The Labute approximate surface area is 84.6 Å². The molecular weight excluding hydrogens is 178 g/mol. The first-order valence-corrected chi connectivity index (χ1v) is 5.47. The van der Waals surface area contributed by atoms with E-state index in [9.17, 15) is 4.79 Å². The van der Waals surface area contributed by atoms with Gasteiger partial charge in [0.2, 0.25) is 5.91 Å². The lowest BCUT2D eigenvalue weighted by atomic mass is 10.1. The molecule has 4 N–H and O–H groups in total. The van der Waals surface area contributed by atoms with E-state index in [1.165, 1.54) is 0 Å². The molecule has 0 atom stereocenters. The maximum absolute atomic E-state index is 11.6. The summed E-state index contributed by atoms with van der Waals surface area (Å²) in [4.78, 5) is 11.6. The molecule has 4 nitrogen and oxygen atoms in total. The molecule has 0 aromatic rings. The maximum atomic E-state index is 11.6. The third-order valence-corrected chi connectivity index (χ3v) is 3.11. The minimum Gasteiger partial charge on any atom is -0.353 e. The van der Waals surface area contributed by atoms with E-state index in [1.54, 1.807) is 0 Å². The molecule has 1 aliphatic carbocycles. The predicted octanol–water partition coefficient (Wildman–Crippen LogP) is -0.264. The zero-order valence-electron chi connectivity index (χ0n) is 8.51. The van der Waals surface area contributed by atoms with Gasteiger partial charge in [0.05, 0.1) is 0 Å². The lowest BCUT2D eigenvalue weighted by Crippen LogP contribution is -2.44. The molecule has 1 saturated heterocycles. The highest BCUT2D eigenvalue weighted by atomic mass is 16.1. The molecule has 2 aliphatic rings. The number of hydrogen-bond acceptors (Lipinski definition) is 3. The molecule has 80 valence electrons. The number of nitrogens with two attached hydrogens (primary N) is 1. The molecule has 2 fully saturated rings. The van der Waals surface area contributed by atoms with Crippen molar-refractivity contribution in [3.63, 3.8) is 0 Å². The van der Waals surface area contributed by atoms with Gasteiger partial charge in [-0.2, -0.15) is 0 Å². The van der Waals surface area contributed by atoms with E-state index in [-0.39, 0.29) is 11.4 Å². The van der Waals surface area contributed by atoms with E-state index in [0.717, 1.165) is 38.8 Å². The van der Waals surface area contributed by atoms with Crippen LogP contribution in [-0.2, 0) is 4.79 Å². The smallest absolute Gasteiger partial charge is 0.222 e. The molecule has 0 bridgehead atoms. The van der Waals surface area contributed by atoms with Crippen LogP contribution in [0.15, 0.2) is 0 Å². The summed E-state index contributed by atoms with van der Waals surface area (Å²) >= 11 is 0. The highest BCUT2D eigenvalue weighted by molar-refractivity contribution is 5.78. The largest absolute Gasteiger partial charge is 0.353 e. The maximum Gasteiger partial charge on any atom is 0.222 e. The van der Waals surface area contributed by atoms with E-state index in [0.29, 0.717) is 12.5 Å². The first-order chi connectivity index (χ1) is 6.68.